The van der Waals surface area contributed by atoms with E-state index in [0.717, 1.165) is 10.4 Å². The van der Waals surface area contributed by atoms with Crippen LogP contribution in [0.2, 0.25) is 0 Å². The SMILES string of the molecule is O=C1NCCN1C(=O)N[C@H](c1ccsc1)c1cccs1. The fourth-order valence-corrected chi connectivity index (χ4v) is 3.57. The van der Waals surface area contributed by atoms with E-state index in [9.17, 15) is 9.59 Å². The maximum absolute atomic E-state index is 12.2. The Bertz CT molecular complexity index is 561. The van der Waals surface area contributed by atoms with E-state index in [4.69, 9.17) is 0 Å². The standard InChI is InChI=1S/C13H13N3O2S2/c17-12-14-4-5-16(12)13(18)15-11(9-3-7-19-8-9)10-2-1-6-20-10/h1-3,6-8,11H,4-5H2,(H,14,17)(H,15,18)/t11-/m1/s1. The Morgan fingerprint density at radius 1 is 1.40 bits per heavy atom. The molecule has 1 aliphatic rings. The third-order valence-electron chi connectivity index (χ3n) is 3.07. The minimum Gasteiger partial charge on any atom is -0.336 e. The molecule has 20 heavy (non-hydrogen) atoms. The Kier molecular flexibility index (Phi) is 3.70. The molecule has 2 aromatic rings. The number of carbonyl (C=O) groups is 2. The lowest BCUT2D eigenvalue weighted by molar-refractivity contribution is 0.197. The number of amides is 4. The van der Waals surface area contributed by atoms with Crippen LogP contribution in [-0.4, -0.2) is 30.1 Å². The number of urea groups is 2. The molecule has 3 rings (SSSR count). The smallest absolute Gasteiger partial charge is 0.326 e. The van der Waals surface area contributed by atoms with Crippen LogP contribution in [0.3, 0.4) is 0 Å². The van der Waals surface area contributed by atoms with E-state index < -0.39 is 0 Å². The fourth-order valence-electron chi connectivity index (χ4n) is 2.08. The van der Waals surface area contributed by atoms with Gasteiger partial charge in [0.2, 0.25) is 0 Å². The number of rotatable bonds is 3. The first-order valence-electron chi connectivity index (χ1n) is 6.17. The summed E-state index contributed by atoms with van der Waals surface area (Å²) >= 11 is 3.17. The Morgan fingerprint density at radius 2 is 2.30 bits per heavy atom. The minimum atomic E-state index is -0.357. The molecule has 0 unspecified atom stereocenters. The molecule has 5 nitrogen and oxygen atoms in total. The second-order valence-electron chi connectivity index (χ2n) is 4.34. The van der Waals surface area contributed by atoms with Crippen LogP contribution in [0.4, 0.5) is 9.59 Å². The van der Waals surface area contributed by atoms with Crippen LogP contribution >= 0.6 is 22.7 Å². The minimum absolute atomic E-state index is 0.206. The van der Waals surface area contributed by atoms with Crippen LogP contribution in [-0.2, 0) is 0 Å². The molecule has 0 spiro atoms. The lowest BCUT2D eigenvalue weighted by atomic mass is 10.1. The van der Waals surface area contributed by atoms with E-state index in [1.165, 1.54) is 4.90 Å². The van der Waals surface area contributed by atoms with Crippen LogP contribution in [0.15, 0.2) is 34.3 Å². The molecule has 1 atom stereocenters. The molecule has 0 saturated carbocycles. The number of hydrogen-bond acceptors (Lipinski definition) is 4. The van der Waals surface area contributed by atoms with Crippen molar-refractivity contribution in [1.82, 2.24) is 15.5 Å². The van der Waals surface area contributed by atoms with Gasteiger partial charge < -0.3 is 10.6 Å². The van der Waals surface area contributed by atoms with Crippen molar-refractivity contribution in [3.05, 3.63) is 44.8 Å². The van der Waals surface area contributed by atoms with E-state index >= 15 is 0 Å². The first-order valence-corrected chi connectivity index (χ1v) is 7.99. The molecule has 1 fully saturated rings. The van der Waals surface area contributed by atoms with Gasteiger partial charge in [-0.3, -0.25) is 0 Å². The Morgan fingerprint density at radius 3 is 2.90 bits per heavy atom. The number of nitrogens with one attached hydrogen (secondary N) is 2. The van der Waals surface area contributed by atoms with E-state index in [-0.39, 0.29) is 18.1 Å². The highest BCUT2D eigenvalue weighted by atomic mass is 32.1. The number of hydrogen-bond donors (Lipinski definition) is 2. The second kappa shape index (κ2) is 5.64. The summed E-state index contributed by atoms with van der Waals surface area (Å²) in [4.78, 5) is 26.0. The molecule has 0 aromatic carbocycles. The number of imide groups is 1. The van der Waals surface area contributed by atoms with Gasteiger partial charge in [0.05, 0.1) is 6.04 Å². The first kappa shape index (κ1) is 13.1. The summed E-state index contributed by atoms with van der Waals surface area (Å²) in [6, 6.07) is 5.02. The first-order chi connectivity index (χ1) is 9.75. The van der Waals surface area contributed by atoms with Crippen molar-refractivity contribution in [3.8, 4) is 0 Å². The topological polar surface area (TPSA) is 61.4 Å². The van der Waals surface area contributed by atoms with Gasteiger partial charge >= 0.3 is 12.1 Å². The summed E-state index contributed by atoms with van der Waals surface area (Å²) in [5.41, 5.74) is 1.03. The van der Waals surface area contributed by atoms with Crippen molar-refractivity contribution in [2.24, 2.45) is 0 Å². The van der Waals surface area contributed by atoms with E-state index in [0.29, 0.717) is 13.1 Å². The van der Waals surface area contributed by atoms with Crippen molar-refractivity contribution in [2.45, 2.75) is 6.04 Å². The quantitative estimate of drug-likeness (QED) is 0.915. The van der Waals surface area contributed by atoms with Crippen LogP contribution < -0.4 is 10.6 Å². The van der Waals surface area contributed by atoms with Gasteiger partial charge in [-0.2, -0.15) is 11.3 Å². The van der Waals surface area contributed by atoms with Crippen molar-refractivity contribution < 1.29 is 9.59 Å². The maximum Gasteiger partial charge on any atom is 0.326 e. The largest absolute Gasteiger partial charge is 0.336 e. The van der Waals surface area contributed by atoms with Gasteiger partial charge in [0.15, 0.2) is 0 Å². The van der Waals surface area contributed by atoms with Crippen LogP contribution in [0.1, 0.15) is 16.5 Å². The zero-order chi connectivity index (χ0) is 13.9. The second-order valence-corrected chi connectivity index (χ2v) is 6.10. The summed E-state index contributed by atoms with van der Waals surface area (Å²) in [7, 11) is 0. The lowest BCUT2D eigenvalue weighted by Crippen LogP contribution is -2.43. The Balaban J connectivity index is 1.80. The molecule has 4 amide bonds. The van der Waals surface area contributed by atoms with Crippen molar-refractivity contribution in [3.63, 3.8) is 0 Å². The molecule has 7 heteroatoms. The molecular formula is C13H13N3O2S2. The summed E-state index contributed by atoms with van der Waals surface area (Å²) in [5.74, 6) is 0. The molecule has 0 radical (unpaired) electrons. The maximum atomic E-state index is 12.2. The molecule has 2 N–H and O–H groups in total. The highest BCUT2D eigenvalue weighted by Crippen LogP contribution is 2.27. The van der Waals surface area contributed by atoms with Gasteiger partial charge in [0.1, 0.15) is 0 Å². The van der Waals surface area contributed by atoms with Crippen LogP contribution in [0.25, 0.3) is 0 Å². The van der Waals surface area contributed by atoms with Crippen molar-refractivity contribution in [2.75, 3.05) is 13.1 Å². The number of thiophene rings is 2. The summed E-state index contributed by atoms with van der Waals surface area (Å²) in [6.45, 7) is 0.917. The summed E-state index contributed by atoms with van der Waals surface area (Å²) < 4.78 is 0. The van der Waals surface area contributed by atoms with Crippen molar-refractivity contribution in [1.29, 1.82) is 0 Å². The molecule has 3 heterocycles. The lowest BCUT2D eigenvalue weighted by Gasteiger charge is -2.20. The number of nitrogens with zero attached hydrogens (tertiary/aromatic N) is 1. The third-order valence-corrected chi connectivity index (χ3v) is 4.71. The van der Waals surface area contributed by atoms with Gasteiger partial charge in [0, 0.05) is 18.0 Å². The third kappa shape index (κ3) is 2.54. The van der Waals surface area contributed by atoms with Crippen LogP contribution in [0, 0.1) is 0 Å². The van der Waals surface area contributed by atoms with Gasteiger partial charge in [-0.1, -0.05) is 6.07 Å². The number of carbonyl (C=O) groups excluding carboxylic acids is 2. The predicted molar refractivity (Wildman–Crippen MR) is 79.1 cm³/mol. The molecule has 104 valence electrons. The molecule has 1 aliphatic heterocycles. The zero-order valence-corrected chi connectivity index (χ0v) is 12.2. The molecule has 0 bridgehead atoms. The van der Waals surface area contributed by atoms with Crippen LogP contribution in [0.5, 0.6) is 0 Å². The average molecular weight is 307 g/mol. The van der Waals surface area contributed by atoms with Gasteiger partial charge in [-0.05, 0) is 33.8 Å². The van der Waals surface area contributed by atoms with Gasteiger partial charge in [-0.15, -0.1) is 11.3 Å². The van der Waals surface area contributed by atoms with Gasteiger partial charge in [0.25, 0.3) is 0 Å². The van der Waals surface area contributed by atoms with Crippen molar-refractivity contribution >= 4 is 34.7 Å². The normalized spacial score (nSPS) is 16.0. The highest BCUT2D eigenvalue weighted by Gasteiger charge is 2.28. The Labute approximate surface area is 124 Å². The molecule has 2 aromatic heterocycles. The van der Waals surface area contributed by atoms with E-state index in [1.807, 2.05) is 34.3 Å². The predicted octanol–water partition coefficient (Wildman–Crippen LogP) is 2.63. The van der Waals surface area contributed by atoms with E-state index in [1.54, 1.807) is 22.7 Å². The summed E-state index contributed by atoms with van der Waals surface area (Å²) in [6.07, 6.45) is 0. The highest BCUT2D eigenvalue weighted by molar-refractivity contribution is 7.10. The Hall–Kier alpha value is -1.86. The molecular weight excluding hydrogens is 294 g/mol. The summed E-state index contributed by atoms with van der Waals surface area (Å²) in [5, 5.41) is 11.5. The fraction of sp³-hybridized carbons (Fsp3) is 0.231. The van der Waals surface area contributed by atoms with Gasteiger partial charge in [-0.25, -0.2) is 14.5 Å². The zero-order valence-electron chi connectivity index (χ0n) is 10.5. The monoisotopic (exact) mass is 307 g/mol. The molecule has 1 saturated heterocycles. The molecule has 0 aliphatic carbocycles. The average Bonchev–Trinajstić information content (AvgIpc) is 3.18. The van der Waals surface area contributed by atoms with E-state index in [2.05, 4.69) is 10.6 Å².